The van der Waals surface area contributed by atoms with Gasteiger partial charge in [-0.25, -0.2) is 4.98 Å². The van der Waals surface area contributed by atoms with Crippen LogP contribution < -0.4 is 15.4 Å². The Morgan fingerprint density at radius 3 is 2.24 bits per heavy atom. The van der Waals surface area contributed by atoms with E-state index in [1.165, 1.54) is 17.4 Å². The molecule has 1 saturated carbocycles. The zero-order valence-corrected chi connectivity index (χ0v) is 44.6. The van der Waals surface area contributed by atoms with E-state index in [4.69, 9.17) is 4.74 Å². The second kappa shape index (κ2) is 24.1. The van der Waals surface area contributed by atoms with E-state index in [0.29, 0.717) is 76.5 Å². The smallest absolute Gasteiger partial charge is 0.262 e. The van der Waals surface area contributed by atoms with Crippen LogP contribution in [0.2, 0.25) is 0 Å². The number of aromatic hydroxyl groups is 2. The van der Waals surface area contributed by atoms with Crippen molar-refractivity contribution in [3.05, 3.63) is 93.1 Å². The Hall–Kier alpha value is -6.04. The highest BCUT2D eigenvalue weighted by Crippen LogP contribution is 2.41. The molecule has 3 aromatic carbocycles. The summed E-state index contributed by atoms with van der Waals surface area (Å²) in [6, 6.07) is 13.6. The van der Waals surface area contributed by atoms with Crippen LogP contribution in [0, 0.1) is 25.2 Å². The van der Waals surface area contributed by atoms with Crippen molar-refractivity contribution < 1.29 is 44.0 Å². The second-order valence-electron chi connectivity index (χ2n) is 22.0. The summed E-state index contributed by atoms with van der Waals surface area (Å²) in [7, 11) is 0. The third kappa shape index (κ3) is 13.2. The van der Waals surface area contributed by atoms with Crippen LogP contribution in [0.15, 0.2) is 54.0 Å². The van der Waals surface area contributed by atoms with E-state index in [1.807, 2.05) is 62.4 Å². The number of aromatic nitrogens is 1. The van der Waals surface area contributed by atoms with Crippen LogP contribution in [0.4, 0.5) is 0 Å². The zero-order valence-electron chi connectivity index (χ0n) is 43.8. The molecule has 16 nitrogen and oxygen atoms in total. The average molecular weight is 1030 g/mol. The number of ether oxygens (including phenoxy) is 1. The number of aliphatic hydroxyl groups excluding tert-OH is 1. The number of piperazine rings is 1. The van der Waals surface area contributed by atoms with Crippen molar-refractivity contribution in [1.82, 2.24) is 35.2 Å². The number of nitrogens with one attached hydrogen (secondary N) is 2. The van der Waals surface area contributed by atoms with Crippen molar-refractivity contribution in [2.75, 3.05) is 39.3 Å². The minimum absolute atomic E-state index is 0.00101. The first kappa shape index (κ1) is 54.2. The van der Waals surface area contributed by atoms with Gasteiger partial charge in [-0.3, -0.25) is 28.9 Å². The molecule has 3 atom stereocenters. The molecular formula is C57H75N7O9S. The van der Waals surface area contributed by atoms with Crippen LogP contribution in [0.3, 0.4) is 0 Å². The minimum atomic E-state index is -0.912. The highest BCUT2D eigenvalue weighted by molar-refractivity contribution is 7.13. The Labute approximate surface area is 439 Å². The highest BCUT2D eigenvalue weighted by atomic mass is 32.1. The number of phenols is 2. The number of rotatable bonds is 18. The summed E-state index contributed by atoms with van der Waals surface area (Å²) in [5, 5.41) is 38.0. The fraction of sp³-hybridized carbons (Fsp3) is 0.544. The molecule has 2 saturated heterocycles. The third-order valence-electron chi connectivity index (χ3n) is 15.3. The van der Waals surface area contributed by atoms with E-state index < -0.39 is 29.5 Å². The first-order valence-electron chi connectivity index (χ1n) is 26.6. The van der Waals surface area contributed by atoms with Crippen molar-refractivity contribution in [2.45, 2.75) is 150 Å². The molecule has 4 heterocycles. The monoisotopic (exact) mass is 1030 g/mol. The Kier molecular flexibility index (Phi) is 17.7. The molecule has 74 heavy (non-hydrogen) atoms. The molecule has 5 N–H and O–H groups in total. The molecule has 5 amide bonds. The number of hydrogen-bond donors (Lipinski definition) is 5. The lowest BCUT2D eigenvalue weighted by Gasteiger charge is -2.35. The van der Waals surface area contributed by atoms with Crippen LogP contribution in [0.1, 0.15) is 135 Å². The van der Waals surface area contributed by atoms with Gasteiger partial charge in [0.25, 0.3) is 5.91 Å². The molecule has 398 valence electrons. The lowest BCUT2D eigenvalue weighted by molar-refractivity contribution is -0.144. The number of hydrogen-bond acceptors (Lipinski definition) is 12. The van der Waals surface area contributed by atoms with Gasteiger partial charge in [0.05, 0.1) is 28.8 Å². The lowest BCUT2D eigenvalue weighted by atomic mass is 9.85. The Morgan fingerprint density at radius 2 is 1.54 bits per heavy atom. The van der Waals surface area contributed by atoms with Gasteiger partial charge in [-0.1, -0.05) is 88.9 Å². The first-order chi connectivity index (χ1) is 35.4. The normalized spacial score (nSPS) is 18.8. The molecular weight excluding hydrogens is 959 g/mol. The SMILES string of the molecule is Cc1ncsc1-c1ccc(CNC(=O)[C@@H]2C[C@@H](O)CN2C(=O)[C@@H](NC(=O)CCCCCC(=O)N2CCN(Cc3ccc4c(c3)CN(C(=O)c3c(O)cc(O)c(C)c3OCC3CCCCC3)C4)CC2)C(C)(C)C)cc1. The van der Waals surface area contributed by atoms with Gasteiger partial charge in [-0.15, -0.1) is 11.3 Å². The summed E-state index contributed by atoms with van der Waals surface area (Å²) in [6.07, 6.45) is 7.35. The van der Waals surface area contributed by atoms with Crippen LogP contribution in [-0.4, -0.2) is 127 Å². The number of nitrogens with zero attached hydrogens (tertiary/aromatic N) is 5. The summed E-state index contributed by atoms with van der Waals surface area (Å²) in [5.41, 5.74) is 7.83. The lowest BCUT2D eigenvalue weighted by Crippen LogP contribution is -2.57. The predicted molar refractivity (Wildman–Crippen MR) is 283 cm³/mol. The van der Waals surface area contributed by atoms with Crippen molar-refractivity contribution in [1.29, 1.82) is 0 Å². The number of likely N-dealkylation sites (tertiary alicyclic amines) is 1. The van der Waals surface area contributed by atoms with Crippen LogP contribution in [0.5, 0.6) is 17.2 Å². The summed E-state index contributed by atoms with van der Waals surface area (Å²) < 4.78 is 6.22. The summed E-state index contributed by atoms with van der Waals surface area (Å²) in [6.45, 7) is 14.2. The van der Waals surface area contributed by atoms with Crippen LogP contribution in [0.25, 0.3) is 10.4 Å². The van der Waals surface area contributed by atoms with E-state index in [1.54, 1.807) is 23.2 Å². The number of benzene rings is 3. The van der Waals surface area contributed by atoms with E-state index in [9.17, 15) is 39.3 Å². The molecule has 1 aromatic heterocycles. The first-order valence-corrected chi connectivity index (χ1v) is 27.4. The van der Waals surface area contributed by atoms with Gasteiger partial charge in [-0.05, 0) is 78.7 Å². The van der Waals surface area contributed by atoms with E-state index >= 15 is 0 Å². The number of aliphatic hydroxyl groups is 1. The highest BCUT2D eigenvalue weighted by Gasteiger charge is 2.44. The fourth-order valence-electron chi connectivity index (χ4n) is 10.8. The number of fused-ring (bicyclic) bond motifs is 1. The number of phenolic OH excluding ortho intramolecular Hbond substituents is 2. The molecule has 17 heteroatoms. The summed E-state index contributed by atoms with van der Waals surface area (Å²) in [4.78, 5) is 81.0. The molecule has 3 aliphatic heterocycles. The van der Waals surface area contributed by atoms with Gasteiger partial charge in [0.15, 0.2) is 0 Å². The second-order valence-corrected chi connectivity index (χ2v) is 22.8. The van der Waals surface area contributed by atoms with Gasteiger partial charge in [0, 0.05) is 89.8 Å². The fourth-order valence-corrected chi connectivity index (χ4v) is 11.7. The van der Waals surface area contributed by atoms with Crippen molar-refractivity contribution in [2.24, 2.45) is 11.3 Å². The van der Waals surface area contributed by atoms with Gasteiger partial charge in [-0.2, -0.15) is 0 Å². The quantitative estimate of drug-likeness (QED) is 0.0623. The van der Waals surface area contributed by atoms with Crippen molar-refractivity contribution >= 4 is 40.9 Å². The third-order valence-corrected chi connectivity index (χ3v) is 16.3. The Morgan fingerprint density at radius 1 is 0.838 bits per heavy atom. The molecule has 0 spiro atoms. The summed E-state index contributed by atoms with van der Waals surface area (Å²) in [5.74, 6) is -1.03. The average Bonchev–Trinajstić information content (AvgIpc) is 4.13. The number of amides is 5. The van der Waals surface area contributed by atoms with Gasteiger partial charge >= 0.3 is 0 Å². The minimum Gasteiger partial charge on any atom is -0.507 e. The van der Waals surface area contributed by atoms with Gasteiger partial charge < -0.3 is 45.4 Å². The Bertz CT molecular complexity index is 2650. The largest absolute Gasteiger partial charge is 0.507 e. The number of carbonyl (C=O) groups excluding carboxylic acids is 5. The zero-order chi connectivity index (χ0) is 52.7. The van der Waals surface area contributed by atoms with Crippen LogP contribution in [-0.2, 0) is 45.4 Å². The molecule has 4 aliphatic rings. The van der Waals surface area contributed by atoms with Crippen molar-refractivity contribution in [3.63, 3.8) is 0 Å². The van der Waals surface area contributed by atoms with Gasteiger partial charge in [0.1, 0.15) is 34.9 Å². The van der Waals surface area contributed by atoms with Gasteiger partial charge in [0.2, 0.25) is 23.6 Å². The maximum absolute atomic E-state index is 14.1. The predicted octanol–water partition coefficient (Wildman–Crippen LogP) is 7.36. The topological polar surface area (TPSA) is 205 Å². The standard InChI is InChI=1S/C57H75N7O9S/c1-36-46(66)28-47(67)50(51(36)73-34-39-12-8-6-9-13-39)55(71)63-31-42-21-18-40(26-43(42)32-63)30-61-22-24-62(25-23-61)49(69)15-11-7-10-14-48(68)60-53(57(3,4)5)56(72)64-33-44(65)27-45(64)54(70)58-29-38-16-19-41(20-17-38)52-37(2)59-35-74-52/h16-21,26,28,35,39,44-45,53,65-67H,6-15,22-25,27,29-34H2,1-5H3,(H,58,70)(H,60,68)/t44-,45+,53-/m1/s1. The molecule has 0 radical (unpaired) electrons. The molecule has 3 fully saturated rings. The number of aryl methyl sites for hydroxylation is 1. The molecule has 4 aromatic rings. The van der Waals surface area contributed by atoms with E-state index in [2.05, 4.69) is 38.7 Å². The molecule has 8 rings (SSSR count). The summed E-state index contributed by atoms with van der Waals surface area (Å²) >= 11 is 1.57. The van der Waals surface area contributed by atoms with Crippen LogP contribution >= 0.6 is 11.3 Å². The maximum Gasteiger partial charge on any atom is 0.262 e. The number of unbranched alkanes of at least 4 members (excludes halogenated alkanes) is 2. The van der Waals surface area contributed by atoms with E-state index in [0.717, 1.165) is 77.2 Å². The van der Waals surface area contributed by atoms with E-state index in [-0.39, 0.29) is 72.4 Å². The number of carbonyl (C=O) groups is 5. The molecule has 0 bridgehead atoms. The molecule has 0 unspecified atom stereocenters. The number of β-amino-alcohol motifs (C(OH)–C–C–N with tert-alkyl or cyclic N) is 1. The molecule has 1 aliphatic carbocycles. The maximum atomic E-state index is 14.1. The van der Waals surface area contributed by atoms with Crippen molar-refractivity contribution in [3.8, 4) is 27.7 Å². The number of thiazole rings is 1. The Balaban J connectivity index is 0.742.